The monoisotopic (exact) mass is 301 g/mol. The van der Waals surface area contributed by atoms with E-state index in [1.807, 2.05) is 0 Å². The summed E-state index contributed by atoms with van der Waals surface area (Å²) >= 11 is 0. The normalized spacial score (nSPS) is 22.8. The number of rotatable bonds is 4. The van der Waals surface area contributed by atoms with Crippen LogP contribution < -0.4 is 10.2 Å². The Balaban J connectivity index is 1.49. The number of nitrogens with one attached hydrogen (secondary N) is 1. The maximum atomic E-state index is 12.2. The summed E-state index contributed by atoms with van der Waals surface area (Å²) in [5.74, 6) is 0.359. The van der Waals surface area contributed by atoms with Gasteiger partial charge in [-0.1, -0.05) is 12.1 Å². The Morgan fingerprint density at radius 2 is 1.86 bits per heavy atom. The Morgan fingerprint density at radius 1 is 1.14 bits per heavy atom. The predicted molar refractivity (Wildman–Crippen MR) is 90.0 cm³/mol. The van der Waals surface area contributed by atoms with Gasteiger partial charge in [-0.25, -0.2) is 0 Å². The van der Waals surface area contributed by atoms with Gasteiger partial charge in [-0.15, -0.1) is 0 Å². The summed E-state index contributed by atoms with van der Waals surface area (Å²) in [4.78, 5) is 16.9. The smallest absolute Gasteiger partial charge is 0.224 e. The molecule has 3 rings (SSSR count). The zero-order valence-electron chi connectivity index (χ0n) is 13.6. The number of piperidine rings is 1. The van der Waals surface area contributed by atoms with Crippen molar-refractivity contribution in [1.82, 2.24) is 10.2 Å². The number of benzene rings is 1. The first-order valence-corrected chi connectivity index (χ1v) is 8.52. The Bertz CT molecular complexity index is 494. The number of amides is 1. The molecule has 0 bridgehead atoms. The van der Waals surface area contributed by atoms with Gasteiger partial charge >= 0.3 is 0 Å². The summed E-state index contributed by atoms with van der Waals surface area (Å²) in [6, 6.07) is 8.64. The van der Waals surface area contributed by atoms with Crippen LogP contribution in [0.1, 0.15) is 31.2 Å². The lowest BCUT2D eigenvalue weighted by Crippen LogP contribution is -2.41. The second-order valence-electron chi connectivity index (χ2n) is 6.68. The molecule has 22 heavy (non-hydrogen) atoms. The zero-order chi connectivity index (χ0) is 15.4. The molecule has 4 nitrogen and oxygen atoms in total. The summed E-state index contributed by atoms with van der Waals surface area (Å²) in [6.45, 7) is 4.98. The van der Waals surface area contributed by atoms with Crippen molar-refractivity contribution in [3.05, 3.63) is 29.8 Å². The summed E-state index contributed by atoms with van der Waals surface area (Å²) in [7, 11) is 2.09. The van der Waals surface area contributed by atoms with Crippen LogP contribution in [0, 0.1) is 5.92 Å². The van der Waals surface area contributed by atoms with Gasteiger partial charge in [-0.05, 0) is 57.0 Å². The van der Waals surface area contributed by atoms with E-state index in [2.05, 4.69) is 46.4 Å². The predicted octanol–water partition coefficient (Wildman–Crippen LogP) is 2.24. The van der Waals surface area contributed by atoms with Crippen LogP contribution in [0.2, 0.25) is 0 Å². The van der Waals surface area contributed by atoms with Crippen molar-refractivity contribution in [1.29, 1.82) is 0 Å². The Morgan fingerprint density at radius 3 is 2.55 bits per heavy atom. The van der Waals surface area contributed by atoms with Crippen molar-refractivity contribution < 1.29 is 4.79 Å². The number of carbonyl (C=O) groups is 1. The van der Waals surface area contributed by atoms with Crippen molar-refractivity contribution in [2.45, 2.75) is 32.2 Å². The number of carbonyl (C=O) groups excluding carboxylic acids is 1. The molecule has 0 aliphatic carbocycles. The first-order valence-electron chi connectivity index (χ1n) is 8.52. The lowest BCUT2D eigenvalue weighted by Gasteiger charge is -2.28. The van der Waals surface area contributed by atoms with E-state index in [0.717, 1.165) is 25.9 Å². The molecular weight excluding hydrogens is 274 g/mol. The minimum atomic E-state index is 0.155. The fraction of sp³-hybridized carbons (Fsp3) is 0.611. The molecule has 2 saturated heterocycles. The number of anilines is 1. The highest BCUT2D eigenvalue weighted by atomic mass is 16.1. The van der Waals surface area contributed by atoms with E-state index in [1.54, 1.807) is 0 Å². The third-order valence-corrected chi connectivity index (χ3v) is 4.87. The molecule has 0 saturated carbocycles. The quantitative estimate of drug-likeness (QED) is 0.926. The van der Waals surface area contributed by atoms with Gasteiger partial charge in [0.1, 0.15) is 0 Å². The van der Waals surface area contributed by atoms with Crippen molar-refractivity contribution in [2.24, 2.45) is 5.92 Å². The van der Waals surface area contributed by atoms with Crippen LogP contribution in [0.15, 0.2) is 24.3 Å². The number of hydrogen-bond donors (Lipinski definition) is 1. The summed E-state index contributed by atoms with van der Waals surface area (Å²) < 4.78 is 0. The maximum absolute atomic E-state index is 12.2. The second kappa shape index (κ2) is 7.14. The van der Waals surface area contributed by atoms with Gasteiger partial charge in [0.05, 0.1) is 5.92 Å². The van der Waals surface area contributed by atoms with E-state index >= 15 is 0 Å². The molecule has 120 valence electrons. The molecule has 0 spiro atoms. The van der Waals surface area contributed by atoms with Gasteiger partial charge in [0, 0.05) is 31.9 Å². The van der Waals surface area contributed by atoms with Crippen LogP contribution in [0.25, 0.3) is 0 Å². The average molecular weight is 301 g/mol. The Labute approximate surface area is 133 Å². The fourth-order valence-electron chi connectivity index (χ4n) is 3.51. The molecule has 0 aromatic heterocycles. The molecule has 1 N–H and O–H groups in total. The maximum Gasteiger partial charge on any atom is 0.224 e. The standard InChI is InChI=1S/C18H27N3O/c1-20-10-4-5-16(14-20)18(22)19-13-15-6-8-17(9-7-15)21-11-2-3-12-21/h6-9,16H,2-5,10-14H2,1H3,(H,19,22)/t16-/m0/s1. The number of nitrogens with zero attached hydrogens (tertiary/aromatic N) is 2. The molecular formula is C18H27N3O. The van der Waals surface area contributed by atoms with Crippen LogP contribution in [0.3, 0.4) is 0 Å². The van der Waals surface area contributed by atoms with Crippen molar-refractivity contribution in [2.75, 3.05) is 38.1 Å². The minimum Gasteiger partial charge on any atom is -0.372 e. The third-order valence-electron chi connectivity index (χ3n) is 4.87. The van der Waals surface area contributed by atoms with Crippen LogP contribution in [0.4, 0.5) is 5.69 Å². The molecule has 0 unspecified atom stereocenters. The number of hydrogen-bond acceptors (Lipinski definition) is 3. The van der Waals surface area contributed by atoms with Gasteiger partial charge in [0.25, 0.3) is 0 Å². The van der Waals surface area contributed by atoms with Crippen LogP contribution >= 0.6 is 0 Å². The largest absolute Gasteiger partial charge is 0.372 e. The topological polar surface area (TPSA) is 35.6 Å². The summed E-state index contributed by atoms with van der Waals surface area (Å²) in [6.07, 6.45) is 4.74. The van der Waals surface area contributed by atoms with E-state index in [0.29, 0.717) is 6.54 Å². The third kappa shape index (κ3) is 3.80. The van der Waals surface area contributed by atoms with Crippen molar-refractivity contribution in [3.8, 4) is 0 Å². The van der Waals surface area contributed by atoms with Crippen LogP contribution in [-0.4, -0.2) is 44.0 Å². The minimum absolute atomic E-state index is 0.155. The average Bonchev–Trinajstić information content (AvgIpc) is 3.07. The Hall–Kier alpha value is -1.55. The molecule has 2 heterocycles. The van der Waals surface area contributed by atoms with Gasteiger partial charge in [0.2, 0.25) is 5.91 Å². The SMILES string of the molecule is CN1CCC[C@H](C(=O)NCc2ccc(N3CCCC3)cc2)C1. The summed E-state index contributed by atoms with van der Waals surface area (Å²) in [5, 5.41) is 3.10. The van der Waals surface area contributed by atoms with E-state index in [-0.39, 0.29) is 11.8 Å². The molecule has 4 heteroatoms. The lowest BCUT2D eigenvalue weighted by atomic mass is 9.97. The summed E-state index contributed by atoms with van der Waals surface area (Å²) in [5.41, 5.74) is 2.49. The van der Waals surface area contributed by atoms with Crippen molar-refractivity contribution >= 4 is 11.6 Å². The highest BCUT2D eigenvalue weighted by molar-refractivity contribution is 5.79. The highest BCUT2D eigenvalue weighted by Crippen LogP contribution is 2.20. The molecule has 0 radical (unpaired) electrons. The first kappa shape index (κ1) is 15.3. The molecule has 2 aliphatic rings. The van der Waals surface area contributed by atoms with E-state index < -0.39 is 0 Å². The first-order chi connectivity index (χ1) is 10.7. The van der Waals surface area contributed by atoms with E-state index in [1.165, 1.54) is 37.2 Å². The molecule has 2 aliphatic heterocycles. The molecule has 1 amide bonds. The molecule has 1 atom stereocenters. The Kier molecular flexibility index (Phi) is 4.98. The molecule has 2 fully saturated rings. The van der Waals surface area contributed by atoms with Gasteiger partial charge in [-0.2, -0.15) is 0 Å². The highest BCUT2D eigenvalue weighted by Gasteiger charge is 2.23. The van der Waals surface area contributed by atoms with Gasteiger partial charge in [-0.3, -0.25) is 4.79 Å². The molecule has 1 aromatic rings. The van der Waals surface area contributed by atoms with Gasteiger partial charge < -0.3 is 15.1 Å². The zero-order valence-corrected chi connectivity index (χ0v) is 13.6. The second-order valence-corrected chi connectivity index (χ2v) is 6.68. The van der Waals surface area contributed by atoms with Crippen LogP contribution in [-0.2, 0) is 11.3 Å². The van der Waals surface area contributed by atoms with E-state index in [9.17, 15) is 4.79 Å². The molecule has 1 aromatic carbocycles. The van der Waals surface area contributed by atoms with E-state index in [4.69, 9.17) is 0 Å². The lowest BCUT2D eigenvalue weighted by molar-refractivity contribution is -0.126. The van der Waals surface area contributed by atoms with Crippen LogP contribution in [0.5, 0.6) is 0 Å². The van der Waals surface area contributed by atoms with Gasteiger partial charge in [0.15, 0.2) is 0 Å². The fourth-order valence-corrected chi connectivity index (χ4v) is 3.51. The van der Waals surface area contributed by atoms with Crippen molar-refractivity contribution in [3.63, 3.8) is 0 Å². The number of likely N-dealkylation sites (tertiary alicyclic amines) is 1.